The van der Waals surface area contributed by atoms with Crippen molar-refractivity contribution in [2.45, 2.75) is 5.85 Å². The van der Waals surface area contributed by atoms with Gasteiger partial charge in [-0.3, -0.25) is 11.5 Å². The van der Waals surface area contributed by atoms with Gasteiger partial charge in [0.2, 0.25) is 0 Å². The number of hydrogen-bond acceptors (Lipinski definition) is 3. The molecule has 0 atom stereocenters. The molecule has 0 heterocycles. The van der Waals surface area contributed by atoms with E-state index in [-0.39, 0.29) is 0 Å². The van der Waals surface area contributed by atoms with Gasteiger partial charge < -0.3 is 4.74 Å². The predicted octanol–water partition coefficient (Wildman–Crippen LogP) is -0.0538. The van der Waals surface area contributed by atoms with Crippen molar-refractivity contribution in [3.8, 4) is 0 Å². The average Bonchev–Trinajstić information content (AvgIpc) is 1.84. The summed E-state index contributed by atoms with van der Waals surface area (Å²) in [6, 6.07) is 0. The third kappa shape index (κ3) is 3.90. The van der Waals surface area contributed by atoms with Crippen LogP contribution in [0, 0.1) is 0 Å². The third-order valence-electron chi connectivity index (χ3n) is 0.770. The van der Waals surface area contributed by atoms with E-state index in [0.29, 0.717) is 6.61 Å². The van der Waals surface area contributed by atoms with Crippen LogP contribution in [0.4, 0.5) is 0 Å². The normalized spacial score (nSPS) is 10.9. The fraction of sp³-hybridized carbons (Fsp3) is 0.333. The zero-order valence-electron chi connectivity index (χ0n) is 5.34. The van der Waals surface area contributed by atoms with Gasteiger partial charge in [-0.15, -0.1) is 6.58 Å². The van der Waals surface area contributed by atoms with Gasteiger partial charge >= 0.3 is 0 Å². The molecule has 0 unspecified atom stereocenters. The maximum absolute atomic E-state index is 5.29. The van der Waals surface area contributed by atoms with Gasteiger partial charge in [0.25, 0.3) is 0 Å². The molecule has 0 radical (unpaired) electrons. The van der Waals surface area contributed by atoms with Crippen molar-refractivity contribution >= 4 is 0 Å². The van der Waals surface area contributed by atoms with Crippen LogP contribution < -0.4 is 11.5 Å². The van der Waals surface area contributed by atoms with E-state index in [1.54, 1.807) is 6.08 Å². The van der Waals surface area contributed by atoms with Crippen LogP contribution in [0.3, 0.4) is 0 Å². The first-order chi connectivity index (χ1) is 4.12. The van der Waals surface area contributed by atoms with Crippen LogP contribution in [-0.2, 0) is 4.74 Å². The minimum atomic E-state index is -1.21. The molecule has 0 aromatic carbocycles. The van der Waals surface area contributed by atoms with E-state index in [2.05, 4.69) is 13.2 Å². The van der Waals surface area contributed by atoms with Crippen molar-refractivity contribution in [3.05, 3.63) is 25.3 Å². The fourth-order valence-corrected chi connectivity index (χ4v) is 0.262. The lowest BCUT2D eigenvalue weighted by Gasteiger charge is -2.18. The lowest BCUT2D eigenvalue weighted by atomic mass is 10.4. The van der Waals surface area contributed by atoms with E-state index in [0.717, 1.165) is 0 Å². The molecule has 4 N–H and O–H groups in total. The molecule has 0 aromatic heterocycles. The minimum Gasteiger partial charge on any atom is -0.340 e. The van der Waals surface area contributed by atoms with E-state index >= 15 is 0 Å². The second-order valence-corrected chi connectivity index (χ2v) is 1.66. The summed E-state index contributed by atoms with van der Waals surface area (Å²) < 4.78 is 4.85. The summed E-state index contributed by atoms with van der Waals surface area (Å²) in [5, 5.41) is 0. The molecule has 0 amide bonds. The van der Waals surface area contributed by atoms with Crippen LogP contribution in [0.2, 0.25) is 0 Å². The summed E-state index contributed by atoms with van der Waals surface area (Å²) in [5.41, 5.74) is 10.6. The summed E-state index contributed by atoms with van der Waals surface area (Å²) in [5.74, 6) is -1.21. The molecule has 0 fully saturated rings. The van der Waals surface area contributed by atoms with Crippen LogP contribution >= 0.6 is 0 Å². The molecule has 0 saturated heterocycles. The van der Waals surface area contributed by atoms with Crippen LogP contribution in [0.15, 0.2) is 25.3 Å². The monoisotopic (exact) mass is 128 g/mol. The highest BCUT2D eigenvalue weighted by Crippen LogP contribution is 1.92. The van der Waals surface area contributed by atoms with Crippen molar-refractivity contribution in [1.29, 1.82) is 0 Å². The van der Waals surface area contributed by atoms with Crippen molar-refractivity contribution in [2.75, 3.05) is 6.61 Å². The number of ether oxygens (including phenoxy) is 1. The highest BCUT2D eigenvalue weighted by molar-refractivity contribution is 4.87. The summed E-state index contributed by atoms with van der Waals surface area (Å²) in [4.78, 5) is 0. The van der Waals surface area contributed by atoms with Crippen LogP contribution in [0.1, 0.15) is 0 Å². The Labute approximate surface area is 55.0 Å². The van der Waals surface area contributed by atoms with E-state index in [1.807, 2.05) is 0 Å². The van der Waals surface area contributed by atoms with Crippen molar-refractivity contribution in [2.24, 2.45) is 11.5 Å². The second-order valence-electron chi connectivity index (χ2n) is 1.66. The lowest BCUT2D eigenvalue weighted by molar-refractivity contribution is 0.0192. The zero-order valence-corrected chi connectivity index (χ0v) is 5.34. The third-order valence-corrected chi connectivity index (χ3v) is 0.770. The molecule has 0 aliphatic heterocycles. The summed E-state index contributed by atoms with van der Waals surface area (Å²) >= 11 is 0. The van der Waals surface area contributed by atoms with E-state index in [4.69, 9.17) is 16.2 Å². The first kappa shape index (κ1) is 8.36. The molecule has 0 rings (SSSR count). The molecule has 0 aliphatic rings. The van der Waals surface area contributed by atoms with Crippen LogP contribution in [0.5, 0.6) is 0 Å². The summed E-state index contributed by atoms with van der Waals surface area (Å²) in [6.07, 6.45) is 2.90. The van der Waals surface area contributed by atoms with Gasteiger partial charge in [0, 0.05) is 0 Å². The Morgan fingerprint density at radius 3 is 2.33 bits per heavy atom. The molecule has 0 aromatic rings. The molecular weight excluding hydrogens is 116 g/mol. The van der Waals surface area contributed by atoms with Crippen molar-refractivity contribution < 1.29 is 4.74 Å². The van der Waals surface area contributed by atoms with Gasteiger partial charge in [0.1, 0.15) is 0 Å². The highest BCUT2D eigenvalue weighted by Gasteiger charge is 2.11. The smallest absolute Gasteiger partial charge is 0.189 e. The quantitative estimate of drug-likeness (QED) is 0.412. The van der Waals surface area contributed by atoms with E-state index in [1.165, 1.54) is 6.08 Å². The first-order valence-electron chi connectivity index (χ1n) is 2.58. The Balaban J connectivity index is 3.57. The standard InChI is InChI=1S/C6H12N2O/c1-3-5-9-6(7,8)4-2/h3-4H,1-2,5,7-8H2. The summed E-state index contributed by atoms with van der Waals surface area (Å²) in [7, 11) is 0. The SMILES string of the molecule is C=CCOC(N)(N)C=C. The Bertz CT molecular complexity index is 110. The Morgan fingerprint density at radius 1 is 1.44 bits per heavy atom. The van der Waals surface area contributed by atoms with Gasteiger partial charge in [-0.25, -0.2) is 0 Å². The fourth-order valence-electron chi connectivity index (χ4n) is 0.262. The summed E-state index contributed by atoms with van der Waals surface area (Å²) in [6.45, 7) is 7.14. The predicted molar refractivity (Wildman–Crippen MR) is 37.5 cm³/mol. The molecule has 3 heteroatoms. The van der Waals surface area contributed by atoms with E-state index < -0.39 is 5.85 Å². The molecular formula is C6H12N2O. The topological polar surface area (TPSA) is 61.3 Å². The molecule has 0 spiro atoms. The minimum absolute atomic E-state index is 0.332. The Morgan fingerprint density at radius 2 is 2.00 bits per heavy atom. The van der Waals surface area contributed by atoms with Crippen LogP contribution in [-0.4, -0.2) is 12.5 Å². The van der Waals surface area contributed by atoms with Gasteiger partial charge in [-0.2, -0.15) is 0 Å². The molecule has 0 saturated carbocycles. The molecule has 9 heavy (non-hydrogen) atoms. The highest BCUT2D eigenvalue weighted by atomic mass is 16.5. The van der Waals surface area contributed by atoms with Crippen molar-refractivity contribution in [3.63, 3.8) is 0 Å². The van der Waals surface area contributed by atoms with Gasteiger partial charge in [-0.1, -0.05) is 12.7 Å². The van der Waals surface area contributed by atoms with Crippen LogP contribution in [0.25, 0.3) is 0 Å². The number of rotatable bonds is 4. The average molecular weight is 128 g/mol. The van der Waals surface area contributed by atoms with Gasteiger partial charge in [0.05, 0.1) is 6.61 Å². The second kappa shape index (κ2) is 3.40. The molecule has 0 bridgehead atoms. The molecule has 0 aliphatic carbocycles. The van der Waals surface area contributed by atoms with Gasteiger partial charge in [-0.05, 0) is 6.08 Å². The zero-order chi connectivity index (χ0) is 7.33. The Kier molecular flexibility index (Phi) is 3.16. The number of hydrogen-bond donors (Lipinski definition) is 2. The van der Waals surface area contributed by atoms with E-state index in [9.17, 15) is 0 Å². The number of nitrogens with two attached hydrogens (primary N) is 2. The Hall–Kier alpha value is -0.640. The van der Waals surface area contributed by atoms with Gasteiger partial charge in [0.15, 0.2) is 5.85 Å². The maximum Gasteiger partial charge on any atom is 0.189 e. The maximum atomic E-state index is 5.29. The first-order valence-corrected chi connectivity index (χ1v) is 2.58. The van der Waals surface area contributed by atoms with Crippen molar-refractivity contribution in [1.82, 2.24) is 0 Å². The molecule has 3 nitrogen and oxygen atoms in total. The largest absolute Gasteiger partial charge is 0.340 e. The molecule has 52 valence electrons. The lowest BCUT2D eigenvalue weighted by Crippen LogP contribution is -2.49.